The van der Waals surface area contributed by atoms with Gasteiger partial charge in [-0.25, -0.2) is 15.0 Å². The Labute approximate surface area is 301 Å². The molecule has 7 aromatic carbocycles. The van der Waals surface area contributed by atoms with Gasteiger partial charge in [0.25, 0.3) is 0 Å². The van der Waals surface area contributed by atoms with Gasteiger partial charge in [-0.3, -0.25) is 0 Å². The number of benzene rings is 7. The van der Waals surface area contributed by atoms with Crippen LogP contribution >= 0.6 is 11.3 Å². The molecule has 0 atom stereocenters. The summed E-state index contributed by atoms with van der Waals surface area (Å²) in [6, 6.07) is 37.3. The Morgan fingerprint density at radius 3 is 1.86 bits per heavy atom. The summed E-state index contributed by atoms with van der Waals surface area (Å²) >= 11 is 1.11. The van der Waals surface area contributed by atoms with E-state index in [9.17, 15) is 0 Å². The van der Waals surface area contributed by atoms with Crippen molar-refractivity contribution >= 4 is 53.4 Å². The van der Waals surface area contributed by atoms with Crippen molar-refractivity contribution < 1.29 is 14.0 Å². The largest absolute Gasteiger partial charge is 0.455 e. The van der Waals surface area contributed by atoms with E-state index in [4.69, 9.17) is 29.0 Å². The van der Waals surface area contributed by atoms with E-state index in [0.29, 0.717) is 50.0 Å². The average Bonchev–Trinajstić information content (AvgIpc) is 3.84. The van der Waals surface area contributed by atoms with Crippen molar-refractivity contribution in [3.63, 3.8) is 0 Å². The number of nitrogens with zero attached hydrogens (tertiary/aromatic N) is 3. The number of thiophene rings is 1. The van der Waals surface area contributed by atoms with Crippen molar-refractivity contribution in [3.05, 3.63) is 164 Å². The van der Waals surface area contributed by atoms with Crippen LogP contribution in [0.4, 0.5) is 0 Å². The smallest absolute Gasteiger partial charge is 0.167 e. The highest BCUT2D eigenvalue weighted by molar-refractivity contribution is 7.26. The molecule has 50 heavy (non-hydrogen) atoms. The summed E-state index contributed by atoms with van der Waals surface area (Å²) in [5.41, 5.74) is 6.72. The molecule has 0 unspecified atom stereocenters. The predicted octanol–water partition coefficient (Wildman–Crippen LogP) is 12.5. The summed E-state index contributed by atoms with van der Waals surface area (Å²) in [5.74, 6) is 1.31. The Kier molecular flexibility index (Phi) is 5.17. The van der Waals surface area contributed by atoms with Crippen LogP contribution in [-0.4, -0.2) is 15.0 Å². The minimum absolute atomic E-state index is 0.162. The number of aromatic nitrogens is 3. The molecule has 10 aromatic rings. The maximum Gasteiger partial charge on any atom is 0.167 e. The van der Waals surface area contributed by atoms with Gasteiger partial charge in [-0.15, -0.1) is 11.3 Å². The van der Waals surface area contributed by atoms with Gasteiger partial charge in [0.05, 0.1) is 15.2 Å². The summed E-state index contributed by atoms with van der Waals surface area (Å²) in [4.78, 5) is 15.0. The van der Waals surface area contributed by atoms with Crippen molar-refractivity contribution in [1.82, 2.24) is 15.0 Å². The normalized spacial score (nSPS) is 13.6. The highest BCUT2D eigenvalue weighted by atomic mass is 32.1. The summed E-state index contributed by atoms with van der Waals surface area (Å²) in [5, 5.41) is 2.37. The molecule has 0 bridgehead atoms. The number of para-hydroxylation sites is 2. The Hall–Kier alpha value is -6.43. The van der Waals surface area contributed by atoms with Gasteiger partial charge in [0.1, 0.15) is 11.2 Å². The minimum Gasteiger partial charge on any atom is -0.455 e. The van der Waals surface area contributed by atoms with Gasteiger partial charge in [-0.2, -0.15) is 0 Å². The summed E-state index contributed by atoms with van der Waals surface area (Å²) in [6.07, 6.45) is 0. The molecule has 0 N–H and O–H groups in total. The lowest BCUT2D eigenvalue weighted by Crippen LogP contribution is -2.00. The molecule has 0 radical (unpaired) electrons. The first-order chi connectivity index (χ1) is 27.7. The molecule has 0 aliphatic carbocycles. The molecule has 4 nitrogen and oxygen atoms in total. The van der Waals surface area contributed by atoms with Crippen molar-refractivity contribution in [2.24, 2.45) is 0 Å². The van der Waals surface area contributed by atoms with Gasteiger partial charge in [0, 0.05) is 42.1 Å². The molecule has 234 valence electrons. The molecule has 0 amide bonds. The molecular formula is C45H27N3OS. The molecule has 0 aliphatic rings. The first-order valence-electron chi connectivity index (χ1n) is 19.5. The van der Waals surface area contributed by atoms with Crippen LogP contribution in [0.3, 0.4) is 0 Å². The Morgan fingerprint density at radius 1 is 0.440 bits per heavy atom. The zero-order chi connectivity index (χ0) is 39.1. The van der Waals surface area contributed by atoms with E-state index in [1.807, 2.05) is 109 Å². The number of rotatable bonds is 5. The molecule has 0 saturated carbocycles. The van der Waals surface area contributed by atoms with E-state index < -0.39 is 6.04 Å². The zero-order valence-electron chi connectivity index (χ0n) is 33.2. The molecule has 3 heterocycles. The standard InChI is InChI=1S/C45H27N3OS/c1-2-10-28(11-3-1)29-20-24-31(25-21-29)43-46-44(48-45(47-43)38-17-9-15-36-34-12-4-6-18-39(34)49-41(36)38)32-26-22-30(23-27-32)33-14-8-16-37-35-13-5-7-19-40(35)50-42(33)37/h1-27H/i5D,7D,8D,13D,14D,16D,19D. The van der Waals surface area contributed by atoms with Crippen LogP contribution in [0.15, 0.2) is 168 Å². The fourth-order valence-corrected chi connectivity index (χ4v) is 7.53. The third-order valence-corrected chi connectivity index (χ3v) is 10.0. The van der Waals surface area contributed by atoms with E-state index in [-0.39, 0.29) is 51.7 Å². The number of fused-ring (bicyclic) bond motifs is 6. The number of hydrogen-bond donors (Lipinski definition) is 0. The topological polar surface area (TPSA) is 51.8 Å². The van der Waals surface area contributed by atoms with Crippen molar-refractivity contribution in [2.75, 3.05) is 0 Å². The molecular weight excluding hydrogens is 631 g/mol. The SMILES string of the molecule is [2H]c1c([2H])c([2H])c2c(sc3c(-c4ccc(-c5nc(-c6ccc(-c7ccccc7)cc6)nc(-c6cccc7c6oc6ccccc67)n5)cc4)c([2H])c([2H])c([2H])c32)c1[2H]. The van der Waals surface area contributed by atoms with E-state index in [1.54, 1.807) is 0 Å². The van der Waals surface area contributed by atoms with Crippen LogP contribution in [0.25, 0.3) is 98.5 Å². The summed E-state index contributed by atoms with van der Waals surface area (Å²) < 4.78 is 67.2. The van der Waals surface area contributed by atoms with Gasteiger partial charge in [0.2, 0.25) is 0 Å². The van der Waals surface area contributed by atoms with Crippen LogP contribution in [-0.2, 0) is 0 Å². The van der Waals surface area contributed by atoms with Gasteiger partial charge < -0.3 is 4.42 Å². The molecule has 0 spiro atoms. The van der Waals surface area contributed by atoms with Crippen LogP contribution in [0.5, 0.6) is 0 Å². The minimum atomic E-state index is -0.404. The third-order valence-electron chi connectivity index (χ3n) is 8.90. The maximum atomic E-state index is 8.95. The van der Waals surface area contributed by atoms with Crippen molar-refractivity contribution in [1.29, 1.82) is 0 Å². The van der Waals surface area contributed by atoms with E-state index >= 15 is 0 Å². The van der Waals surface area contributed by atoms with E-state index in [0.717, 1.165) is 44.4 Å². The summed E-state index contributed by atoms with van der Waals surface area (Å²) in [6.45, 7) is 0. The lowest BCUT2D eigenvalue weighted by Gasteiger charge is -2.10. The quantitative estimate of drug-likeness (QED) is 0.184. The van der Waals surface area contributed by atoms with E-state index in [2.05, 4.69) is 12.1 Å². The first kappa shape index (κ1) is 22.3. The van der Waals surface area contributed by atoms with Crippen LogP contribution < -0.4 is 0 Å². The van der Waals surface area contributed by atoms with Crippen LogP contribution in [0.1, 0.15) is 9.60 Å². The second kappa shape index (κ2) is 11.6. The average molecular weight is 665 g/mol. The highest BCUT2D eigenvalue weighted by Crippen LogP contribution is 2.40. The molecule has 0 fully saturated rings. The summed E-state index contributed by atoms with van der Waals surface area (Å²) in [7, 11) is 0. The number of hydrogen-bond acceptors (Lipinski definition) is 5. The lowest BCUT2D eigenvalue weighted by atomic mass is 10.0. The van der Waals surface area contributed by atoms with Crippen molar-refractivity contribution in [2.45, 2.75) is 0 Å². The Morgan fingerprint density at radius 2 is 1.06 bits per heavy atom. The maximum absolute atomic E-state index is 8.95. The van der Waals surface area contributed by atoms with E-state index in [1.165, 1.54) is 0 Å². The molecule has 3 aromatic heterocycles. The second-order valence-electron chi connectivity index (χ2n) is 11.9. The van der Waals surface area contributed by atoms with Gasteiger partial charge in [-0.05, 0) is 40.4 Å². The molecule has 0 aliphatic heterocycles. The van der Waals surface area contributed by atoms with Gasteiger partial charge in [0.15, 0.2) is 17.5 Å². The number of furan rings is 1. The highest BCUT2D eigenvalue weighted by Gasteiger charge is 2.18. The molecule has 0 saturated heterocycles. The van der Waals surface area contributed by atoms with Crippen molar-refractivity contribution in [3.8, 4) is 56.4 Å². The van der Waals surface area contributed by atoms with Gasteiger partial charge in [-0.1, -0.05) is 145 Å². The predicted molar refractivity (Wildman–Crippen MR) is 207 cm³/mol. The Bertz CT molecular complexity index is 3260. The zero-order valence-corrected chi connectivity index (χ0v) is 27.0. The fourth-order valence-electron chi connectivity index (χ4n) is 6.44. The molecule has 5 heteroatoms. The third kappa shape index (κ3) is 4.79. The molecule has 10 rings (SSSR count). The second-order valence-corrected chi connectivity index (χ2v) is 12.9. The first-order valence-corrected chi connectivity index (χ1v) is 16.8. The Balaban J connectivity index is 1.14. The monoisotopic (exact) mass is 664 g/mol. The van der Waals surface area contributed by atoms with Crippen LogP contribution in [0, 0.1) is 0 Å². The fraction of sp³-hybridized carbons (Fsp3) is 0. The van der Waals surface area contributed by atoms with Crippen LogP contribution in [0.2, 0.25) is 0 Å². The lowest BCUT2D eigenvalue weighted by molar-refractivity contribution is 0.669. The van der Waals surface area contributed by atoms with Gasteiger partial charge >= 0.3 is 0 Å².